The SMILES string of the molecule is O=C(O)c1ccc(C(=O)N2CC(OCCCOc3ccccc3)C2)c(F)c1. The minimum Gasteiger partial charge on any atom is -0.494 e. The Balaban J connectivity index is 1.37. The topological polar surface area (TPSA) is 76.1 Å². The van der Waals surface area contributed by atoms with E-state index in [2.05, 4.69) is 0 Å². The van der Waals surface area contributed by atoms with Crippen molar-refractivity contribution in [2.75, 3.05) is 26.3 Å². The minimum atomic E-state index is -1.23. The van der Waals surface area contributed by atoms with Crippen LogP contribution in [-0.2, 0) is 4.74 Å². The predicted octanol–water partition coefficient (Wildman–Crippen LogP) is 2.83. The van der Waals surface area contributed by atoms with Crippen molar-refractivity contribution >= 4 is 11.9 Å². The van der Waals surface area contributed by atoms with Crippen LogP contribution in [0.3, 0.4) is 0 Å². The second-order valence-corrected chi connectivity index (χ2v) is 6.22. The van der Waals surface area contributed by atoms with Crippen LogP contribution in [0.1, 0.15) is 27.1 Å². The van der Waals surface area contributed by atoms with E-state index in [1.165, 1.54) is 17.0 Å². The van der Waals surface area contributed by atoms with Crippen LogP contribution in [0.25, 0.3) is 0 Å². The quantitative estimate of drug-likeness (QED) is 0.720. The van der Waals surface area contributed by atoms with Crippen molar-refractivity contribution < 1.29 is 28.6 Å². The van der Waals surface area contributed by atoms with E-state index >= 15 is 0 Å². The monoisotopic (exact) mass is 373 g/mol. The van der Waals surface area contributed by atoms with E-state index < -0.39 is 17.7 Å². The van der Waals surface area contributed by atoms with Crippen LogP contribution in [0.5, 0.6) is 5.75 Å². The minimum absolute atomic E-state index is 0.0768. The molecule has 0 aliphatic carbocycles. The van der Waals surface area contributed by atoms with Crippen molar-refractivity contribution in [3.8, 4) is 5.75 Å². The van der Waals surface area contributed by atoms with Crippen LogP contribution in [0.4, 0.5) is 4.39 Å². The van der Waals surface area contributed by atoms with Gasteiger partial charge in [-0.2, -0.15) is 0 Å². The number of likely N-dealkylation sites (tertiary alicyclic amines) is 1. The number of carboxylic acids is 1. The molecule has 2 aromatic carbocycles. The predicted molar refractivity (Wildman–Crippen MR) is 95.6 cm³/mol. The van der Waals surface area contributed by atoms with Gasteiger partial charge in [0.2, 0.25) is 0 Å². The number of halogens is 1. The fourth-order valence-corrected chi connectivity index (χ4v) is 2.72. The fraction of sp³-hybridized carbons (Fsp3) is 0.300. The highest BCUT2D eigenvalue weighted by Gasteiger charge is 2.33. The van der Waals surface area contributed by atoms with Crippen molar-refractivity contribution in [1.29, 1.82) is 0 Å². The standard InChI is InChI=1S/C20H20FNO5/c21-18-11-14(20(24)25)7-8-17(18)19(23)22-12-16(13-22)27-10-4-9-26-15-5-2-1-3-6-15/h1-3,5-8,11,16H,4,9-10,12-13H2,(H,24,25). The number of amides is 1. The lowest BCUT2D eigenvalue weighted by Crippen LogP contribution is -2.55. The summed E-state index contributed by atoms with van der Waals surface area (Å²) in [4.78, 5) is 24.6. The molecule has 27 heavy (non-hydrogen) atoms. The summed E-state index contributed by atoms with van der Waals surface area (Å²) in [7, 11) is 0. The van der Waals surface area contributed by atoms with Crippen molar-refractivity contribution in [2.24, 2.45) is 0 Å². The average molecular weight is 373 g/mol. The Morgan fingerprint density at radius 1 is 1.11 bits per heavy atom. The second kappa shape index (κ2) is 8.64. The summed E-state index contributed by atoms with van der Waals surface area (Å²) in [6.07, 6.45) is 0.650. The summed E-state index contributed by atoms with van der Waals surface area (Å²) in [6, 6.07) is 12.8. The first kappa shape index (κ1) is 18.8. The first-order valence-electron chi connectivity index (χ1n) is 8.66. The Bertz CT molecular complexity index is 805. The molecule has 2 aromatic rings. The lowest BCUT2D eigenvalue weighted by Gasteiger charge is -2.39. The fourth-order valence-electron chi connectivity index (χ4n) is 2.72. The molecule has 142 valence electrons. The zero-order chi connectivity index (χ0) is 19.2. The van der Waals surface area contributed by atoms with E-state index in [1.807, 2.05) is 30.3 Å². The zero-order valence-electron chi connectivity index (χ0n) is 14.6. The molecule has 0 spiro atoms. The van der Waals surface area contributed by atoms with Crippen molar-refractivity contribution in [3.05, 3.63) is 65.5 Å². The number of rotatable bonds is 8. The molecule has 1 amide bonds. The second-order valence-electron chi connectivity index (χ2n) is 6.22. The molecule has 7 heteroatoms. The molecule has 1 heterocycles. The zero-order valence-corrected chi connectivity index (χ0v) is 14.6. The summed E-state index contributed by atoms with van der Waals surface area (Å²) < 4.78 is 25.2. The van der Waals surface area contributed by atoms with Gasteiger partial charge < -0.3 is 19.5 Å². The Morgan fingerprint density at radius 2 is 1.85 bits per heavy atom. The van der Waals surface area contributed by atoms with Crippen LogP contribution < -0.4 is 4.74 Å². The maximum Gasteiger partial charge on any atom is 0.335 e. The number of carbonyl (C=O) groups excluding carboxylic acids is 1. The average Bonchev–Trinajstić information content (AvgIpc) is 2.63. The van der Waals surface area contributed by atoms with Crippen molar-refractivity contribution in [2.45, 2.75) is 12.5 Å². The van der Waals surface area contributed by atoms with Gasteiger partial charge in [0.1, 0.15) is 11.6 Å². The first-order chi connectivity index (χ1) is 13.0. The molecule has 0 aromatic heterocycles. The third kappa shape index (κ3) is 4.83. The van der Waals surface area contributed by atoms with Gasteiger partial charge in [-0.05, 0) is 30.3 Å². The molecule has 6 nitrogen and oxygen atoms in total. The van der Waals surface area contributed by atoms with Gasteiger partial charge in [0.15, 0.2) is 0 Å². The Hall–Kier alpha value is -2.93. The largest absolute Gasteiger partial charge is 0.494 e. The van der Waals surface area contributed by atoms with E-state index in [1.54, 1.807) is 0 Å². The third-order valence-corrected chi connectivity index (χ3v) is 4.24. The summed E-state index contributed by atoms with van der Waals surface area (Å²) in [6.45, 7) is 1.83. The summed E-state index contributed by atoms with van der Waals surface area (Å²) in [5.41, 5.74) is -0.318. The lowest BCUT2D eigenvalue weighted by molar-refractivity contribution is -0.0450. The number of hydrogen-bond donors (Lipinski definition) is 1. The van der Waals surface area contributed by atoms with Gasteiger partial charge in [-0.15, -0.1) is 0 Å². The van der Waals surface area contributed by atoms with Crippen LogP contribution in [0.15, 0.2) is 48.5 Å². The van der Waals surface area contributed by atoms with Gasteiger partial charge in [-0.25, -0.2) is 9.18 Å². The van der Waals surface area contributed by atoms with E-state index in [-0.39, 0.29) is 17.2 Å². The van der Waals surface area contributed by atoms with Gasteiger partial charge in [-0.1, -0.05) is 18.2 Å². The molecule has 1 aliphatic rings. The normalized spacial score (nSPS) is 13.9. The van der Waals surface area contributed by atoms with Crippen molar-refractivity contribution in [1.82, 2.24) is 4.90 Å². The number of aromatic carboxylic acids is 1. The highest BCUT2D eigenvalue weighted by Crippen LogP contribution is 2.19. The van der Waals surface area contributed by atoms with Gasteiger partial charge in [0.05, 0.1) is 30.4 Å². The Morgan fingerprint density at radius 3 is 2.52 bits per heavy atom. The van der Waals surface area contributed by atoms with E-state index in [4.69, 9.17) is 14.6 Å². The van der Waals surface area contributed by atoms with Gasteiger partial charge in [0.25, 0.3) is 5.91 Å². The first-order valence-corrected chi connectivity index (χ1v) is 8.66. The number of carbonyl (C=O) groups is 2. The number of benzene rings is 2. The van der Waals surface area contributed by atoms with Gasteiger partial charge >= 0.3 is 5.97 Å². The van der Waals surface area contributed by atoms with Crippen LogP contribution in [0, 0.1) is 5.82 Å². The maximum atomic E-state index is 14.0. The maximum absolute atomic E-state index is 14.0. The number of ether oxygens (including phenoxy) is 2. The van der Waals surface area contributed by atoms with Gasteiger partial charge in [0, 0.05) is 19.5 Å². The lowest BCUT2D eigenvalue weighted by atomic mass is 10.1. The summed E-state index contributed by atoms with van der Waals surface area (Å²) >= 11 is 0. The van der Waals surface area contributed by atoms with Crippen LogP contribution in [-0.4, -0.2) is 54.3 Å². The molecular weight excluding hydrogens is 353 g/mol. The highest BCUT2D eigenvalue weighted by atomic mass is 19.1. The molecule has 1 N–H and O–H groups in total. The number of nitrogens with zero attached hydrogens (tertiary/aromatic N) is 1. The molecule has 0 radical (unpaired) electrons. The number of hydrogen-bond acceptors (Lipinski definition) is 4. The molecule has 1 aliphatic heterocycles. The molecule has 0 atom stereocenters. The van der Waals surface area contributed by atoms with Gasteiger partial charge in [-0.3, -0.25) is 4.79 Å². The number of carboxylic acid groups (broad SMARTS) is 1. The molecule has 0 bridgehead atoms. The molecule has 0 saturated carbocycles. The molecule has 1 saturated heterocycles. The molecule has 1 fully saturated rings. The van der Waals surface area contributed by atoms with E-state index in [0.717, 1.165) is 18.2 Å². The molecular formula is C20H20FNO5. The summed E-state index contributed by atoms with van der Waals surface area (Å²) in [5, 5.41) is 8.84. The Kier molecular flexibility index (Phi) is 6.03. The smallest absolute Gasteiger partial charge is 0.335 e. The third-order valence-electron chi connectivity index (χ3n) is 4.24. The Labute approximate surface area is 156 Å². The summed E-state index contributed by atoms with van der Waals surface area (Å²) in [5.74, 6) is -1.71. The highest BCUT2D eigenvalue weighted by molar-refractivity contribution is 5.96. The van der Waals surface area contributed by atoms with Crippen LogP contribution >= 0.6 is 0 Å². The molecule has 0 unspecified atom stereocenters. The van der Waals surface area contributed by atoms with E-state index in [0.29, 0.717) is 26.3 Å². The van der Waals surface area contributed by atoms with Crippen molar-refractivity contribution in [3.63, 3.8) is 0 Å². The molecule has 3 rings (SSSR count). The van der Waals surface area contributed by atoms with E-state index in [9.17, 15) is 14.0 Å². The number of para-hydroxylation sites is 1. The van der Waals surface area contributed by atoms with Crippen LogP contribution in [0.2, 0.25) is 0 Å².